The molecule has 0 bridgehead atoms. The number of rotatable bonds is 3. The summed E-state index contributed by atoms with van der Waals surface area (Å²) in [7, 11) is 3.71. The van der Waals surface area contributed by atoms with Gasteiger partial charge in [-0.3, -0.25) is 4.79 Å². The number of pyridine rings is 1. The van der Waals surface area contributed by atoms with Gasteiger partial charge < -0.3 is 24.2 Å². The summed E-state index contributed by atoms with van der Waals surface area (Å²) in [5, 5.41) is 10.6. The Labute approximate surface area is 153 Å². The lowest BCUT2D eigenvalue weighted by molar-refractivity contribution is 0.311. The van der Waals surface area contributed by atoms with Crippen LogP contribution in [0.5, 0.6) is 11.5 Å². The number of methoxy groups -OCH3 is 1. The molecule has 2 aromatic rings. The molecule has 7 heteroatoms. The lowest BCUT2D eigenvalue weighted by Crippen LogP contribution is -2.44. The van der Waals surface area contributed by atoms with Crippen molar-refractivity contribution in [1.82, 2.24) is 9.47 Å². The van der Waals surface area contributed by atoms with Crippen molar-refractivity contribution in [3.63, 3.8) is 0 Å². The van der Waals surface area contributed by atoms with Crippen LogP contribution >= 0.6 is 12.4 Å². The fourth-order valence-corrected chi connectivity index (χ4v) is 3.06. The average molecular weight is 366 g/mol. The van der Waals surface area contributed by atoms with Gasteiger partial charge in [0.1, 0.15) is 11.5 Å². The van der Waals surface area contributed by atoms with Crippen molar-refractivity contribution in [1.29, 1.82) is 0 Å². The molecule has 0 aliphatic carbocycles. The van der Waals surface area contributed by atoms with Crippen LogP contribution in [0.4, 0.5) is 5.69 Å². The number of piperazine rings is 1. The Hall–Kier alpha value is -2.18. The Bertz CT molecular complexity index is 799. The van der Waals surface area contributed by atoms with Crippen LogP contribution in [-0.4, -0.2) is 54.9 Å². The molecule has 25 heavy (non-hydrogen) atoms. The Balaban J connectivity index is 0.00000225. The molecule has 1 aromatic carbocycles. The molecule has 0 saturated carbocycles. The number of anilines is 1. The van der Waals surface area contributed by atoms with Gasteiger partial charge in [-0.2, -0.15) is 0 Å². The van der Waals surface area contributed by atoms with E-state index in [0.29, 0.717) is 11.4 Å². The molecule has 1 saturated heterocycles. The van der Waals surface area contributed by atoms with Crippen molar-refractivity contribution in [2.45, 2.75) is 6.92 Å². The van der Waals surface area contributed by atoms with Crippen LogP contribution in [-0.2, 0) is 0 Å². The zero-order valence-corrected chi connectivity index (χ0v) is 15.5. The quantitative estimate of drug-likeness (QED) is 0.902. The van der Waals surface area contributed by atoms with Crippen LogP contribution in [0.1, 0.15) is 5.69 Å². The smallest absolute Gasteiger partial charge is 0.181 e. The second-order valence-electron chi connectivity index (χ2n) is 6.18. The molecular weight excluding hydrogens is 342 g/mol. The number of halogens is 1. The predicted octanol–water partition coefficient (Wildman–Crippen LogP) is 2.03. The summed E-state index contributed by atoms with van der Waals surface area (Å²) in [4.78, 5) is 15.9. The fraction of sp³-hybridized carbons (Fsp3) is 0.389. The molecule has 6 nitrogen and oxygen atoms in total. The van der Waals surface area contributed by atoms with Gasteiger partial charge in [-0.15, -0.1) is 12.4 Å². The monoisotopic (exact) mass is 365 g/mol. The van der Waals surface area contributed by atoms with Gasteiger partial charge in [0.05, 0.1) is 18.5 Å². The molecule has 1 fully saturated rings. The van der Waals surface area contributed by atoms with E-state index in [0.717, 1.165) is 37.6 Å². The van der Waals surface area contributed by atoms with E-state index in [2.05, 4.69) is 16.8 Å². The summed E-state index contributed by atoms with van der Waals surface area (Å²) < 4.78 is 7.39. The van der Waals surface area contributed by atoms with Crippen molar-refractivity contribution in [3.8, 4) is 17.2 Å². The first-order valence-corrected chi connectivity index (χ1v) is 8.04. The first-order valence-electron chi connectivity index (χ1n) is 8.04. The van der Waals surface area contributed by atoms with Crippen LogP contribution in [0, 0.1) is 6.92 Å². The van der Waals surface area contributed by atoms with Crippen LogP contribution < -0.4 is 15.1 Å². The fourth-order valence-electron chi connectivity index (χ4n) is 3.06. The summed E-state index contributed by atoms with van der Waals surface area (Å²) in [5.74, 6) is 0.877. The van der Waals surface area contributed by atoms with Crippen molar-refractivity contribution in [2.24, 2.45) is 0 Å². The lowest BCUT2D eigenvalue weighted by atomic mass is 10.2. The normalized spacial score (nSPS) is 14.9. The molecule has 1 aliphatic rings. The van der Waals surface area contributed by atoms with Crippen LogP contribution in [0.3, 0.4) is 0 Å². The number of hydrogen-bond acceptors (Lipinski definition) is 5. The molecule has 0 amide bonds. The van der Waals surface area contributed by atoms with E-state index in [1.807, 2.05) is 17.6 Å². The third-order valence-corrected chi connectivity index (χ3v) is 4.50. The van der Waals surface area contributed by atoms with Gasteiger partial charge in [-0.25, -0.2) is 0 Å². The molecule has 1 N–H and O–H groups in total. The molecule has 2 heterocycles. The standard InChI is InChI=1S/C18H23N3O3.ClH/c1-13-10-14(22)4-5-21(13)16-11-17(23)15(12-18(16)24-3)20-8-6-19(2)7-9-20;/h4-5,10-12,23H,6-9H2,1-3H3;1H. The third-order valence-electron chi connectivity index (χ3n) is 4.50. The van der Waals surface area contributed by atoms with Crippen molar-refractivity contribution in [3.05, 3.63) is 46.4 Å². The highest BCUT2D eigenvalue weighted by Gasteiger charge is 2.20. The zero-order valence-electron chi connectivity index (χ0n) is 14.7. The highest BCUT2D eigenvalue weighted by atomic mass is 35.5. The number of benzene rings is 1. The van der Waals surface area contributed by atoms with E-state index in [1.54, 1.807) is 25.4 Å². The van der Waals surface area contributed by atoms with Crippen molar-refractivity contribution < 1.29 is 9.84 Å². The van der Waals surface area contributed by atoms with E-state index in [-0.39, 0.29) is 23.6 Å². The molecule has 1 aliphatic heterocycles. The molecule has 0 atom stereocenters. The first kappa shape index (κ1) is 19.1. The van der Waals surface area contributed by atoms with E-state index < -0.39 is 0 Å². The predicted molar refractivity (Wildman–Crippen MR) is 102 cm³/mol. The number of likely N-dealkylation sites (N-methyl/N-ethyl adjacent to an activating group) is 1. The van der Waals surface area contributed by atoms with E-state index >= 15 is 0 Å². The zero-order chi connectivity index (χ0) is 17.3. The minimum atomic E-state index is -0.0407. The molecule has 0 radical (unpaired) electrons. The Morgan fingerprint density at radius 3 is 2.36 bits per heavy atom. The van der Waals surface area contributed by atoms with Gasteiger partial charge in [0.25, 0.3) is 0 Å². The largest absolute Gasteiger partial charge is 0.506 e. The van der Waals surface area contributed by atoms with Gasteiger partial charge in [0.2, 0.25) is 0 Å². The van der Waals surface area contributed by atoms with E-state index in [4.69, 9.17) is 4.74 Å². The van der Waals surface area contributed by atoms with Gasteiger partial charge >= 0.3 is 0 Å². The average Bonchev–Trinajstić information content (AvgIpc) is 2.56. The molecule has 0 unspecified atom stereocenters. The van der Waals surface area contributed by atoms with Crippen LogP contribution in [0.15, 0.2) is 35.3 Å². The molecule has 0 spiro atoms. The van der Waals surface area contributed by atoms with Crippen LogP contribution in [0.2, 0.25) is 0 Å². The Morgan fingerprint density at radius 2 is 1.76 bits per heavy atom. The van der Waals surface area contributed by atoms with Gasteiger partial charge in [0.15, 0.2) is 5.43 Å². The summed E-state index contributed by atoms with van der Waals surface area (Å²) >= 11 is 0. The van der Waals surface area contributed by atoms with Gasteiger partial charge in [0, 0.05) is 62.3 Å². The van der Waals surface area contributed by atoms with Gasteiger partial charge in [-0.1, -0.05) is 0 Å². The second kappa shape index (κ2) is 7.80. The number of phenolic OH excluding ortho intramolecular Hbond substituents is 1. The topological polar surface area (TPSA) is 57.9 Å². The maximum Gasteiger partial charge on any atom is 0.181 e. The van der Waals surface area contributed by atoms with Crippen molar-refractivity contribution >= 4 is 18.1 Å². The number of aromatic hydroxyl groups is 1. The third kappa shape index (κ3) is 3.91. The summed E-state index contributed by atoms with van der Waals surface area (Å²) in [6.45, 7) is 5.50. The maximum absolute atomic E-state index is 11.5. The highest BCUT2D eigenvalue weighted by molar-refractivity contribution is 5.85. The summed E-state index contributed by atoms with van der Waals surface area (Å²) in [5.41, 5.74) is 2.24. The van der Waals surface area contributed by atoms with Crippen LogP contribution in [0.25, 0.3) is 5.69 Å². The lowest BCUT2D eigenvalue weighted by Gasteiger charge is -2.34. The molecule has 3 rings (SSSR count). The first-order chi connectivity index (χ1) is 11.5. The SMILES string of the molecule is COc1cc(N2CCN(C)CC2)c(O)cc1-n1ccc(=O)cc1C.Cl. The van der Waals surface area contributed by atoms with Gasteiger partial charge in [-0.05, 0) is 14.0 Å². The second-order valence-corrected chi connectivity index (χ2v) is 6.18. The molecular formula is C18H24ClN3O3. The summed E-state index contributed by atoms with van der Waals surface area (Å²) in [6, 6.07) is 6.63. The number of ether oxygens (including phenoxy) is 1. The van der Waals surface area contributed by atoms with E-state index in [9.17, 15) is 9.90 Å². The number of nitrogens with zero attached hydrogens (tertiary/aromatic N) is 3. The number of hydrogen-bond donors (Lipinski definition) is 1. The molecule has 136 valence electrons. The minimum absolute atomic E-state index is 0. The van der Waals surface area contributed by atoms with Crippen molar-refractivity contribution in [2.75, 3.05) is 45.2 Å². The Morgan fingerprint density at radius 1 is 1.08 bits per heavy atom. The number of aryl methyl sites for hydroxylation is 1. The summed E-state index contributed by atoms with van der Waals surface area (Å²) in [6.07, 6.45) is 1.70. The minimum Gasteiger partial charge on any atom is -0.506 e. The maximum atomic E-state index is 11.5. The highest BCUT2D eigenvalue weighted by Crippen LogP contribution is 2.37. The Kier molecular flexibility index (Phi) is 5.98. The number of phenols is 1. The molecule has 1 aromatic heterocycles. The van der Waals surface area contributed by atoms with E-state index in [1.165, 1.54) is 6.07 Å². The number of aromatic nitrogens is 1.